The number of ether oxygens (including phenoxy) is 1. The molecule has 1 aromatic carbocycles. The van der Waals surface area contributed by atoms with E-state index in [0.29, 0.717) is 0 Å². The van der Waals surface area contributed by atoms with Gasteiger partial charge in [0.15, 0.2) is 0 Å². The van der Waals surface area contributed by atoms with Crippen molar-refractivity contribution in [2.45, 2.75) is 26.8 Å². The molecule has 0 aliphatic heterocycles. The number of hydrogen-bond donors (Lipinski definition) is 1. The molecule has 0 saturated carbocycles. The maximum atomic E-state index is 6.12. The average molecular weight is 228 g/mol. The van der Waals surface area contributed by atoms with Gasteiger partial charge in [0.05, 0.1) is 6.61 Å². The Bertz CT molecular complexity index is 302. The molecule has 0 fully saturated rings. The van der Waals surface area contributed by atoms with Gasteiger partial charge < -0.3 is 10.1 Å². The van der Waals surface area contributed by atoms with Crippen molar-refractivity contribution in [2.75, 3.05) is 13.2 Å². The SMILES string of the molecule is CCCOc1ccc(CNCC)c(Cl)c1. The Morgan fingerprint density at radius 2 is 2.13 bits per heavy atom. The zero-order valence-corrected chi connectivity index (χ0v) is 10.1. The molecule has 2 nitrogen and oxygen atoms in total. The summed E-state index contributed by atoms with van der Waals surface area (Å²) in [4.78, 5) is 0. The highest BCUT2D eigenvalue weighted by Crippen LogP contribution is 2.22. The van der Waals surface area contributed by atoms with Crippen LogP contribution in [0.25, 0.3) is 0 Å². The topological polar surface area (TPSA) is 21.3 Å². The third kappa shape index (κ3) is 4.10. The highest BCUT2D eigenvalue weighted by molar-refractivity contribution is 6.31. The summed E-state index contributed by atoms with van der Waals surface area (Å²) in [5.41, 5.74) is 1.11. The molecule has 0 aliphatic carbocycles. The summed E-state index contributed by atoms with van der Waals surface area (Å²) in [6, 6.07) is 5.86. The van der Waals surface area contributed by atoms with Gasteiger partial charge in [-0.25, -0.2) is 0 Å². The summed E-state index contributed by atoms with van der Waals surface area (Å²) in [5.74, 6) is 0.849. The lowest BCUT2D eigenvalue weighted by Crippen LogP contribution is -2.12. The first-order valence-electron chi connectivity index (χ1n) is 5.39. The highest BCUT2D eigenvalue weighted by atomic mass is 35.5. The van der Waals surface area contributed by atoms with E-state index in [1.807, 2.05) is 18.2 Å². The van der Waals surface area contributed by atoms with Crippen molar-refractivity contribution in [3.63, 3.8) is 0 Å². The lowest BCUT2D eigenvalue weighted by Gasteiger charge is -2.08. The smallest absolute Gasteiger partial charge is 0.120 e. The Balaban J connectivity index is 2.61. The van der Waals surface area contributed by atoms with Gasteiger partial charge in [-0.15, -0.1) is 0 Å². The van der Waals surface area contributed by atoms with Crippen molar-refractivity contribution in [3.8, 4) is 5.75 Å². The second-order valence-electron chi connectivity index (χ2n) is 3.38. The van der Waals surface area contributed by atoms with E-state index in [-0.39, 0.29) is 0 Å². The van der Waals surface area contributed by atoms with Gasteiger partial charge in [0.1, 0.15) is 5.75 Å². The Morgan fingerprint density at radius 3 is 2.73 bits per heavy atom. The molecule has 0 atom stereocenters. The monoisotopic (exact) mass is 227 g/mol. The van der Waals surface area contributed by atoms with Crippen molar-refractivity contribution in [3.05, 3.63) is 28.8 Å². The van der Waals surface area contributed by atoms with Gasteiger partial charge in [0.2, 0.25) is 0 Å². The van der Waals surface area contributed by atoms with E-state index >= 15 is 0 Å². The number of halogens is 1. The summed E-state index contributed by atoms with van der Waals surface area (Å²) in [6.07, 6.45) is 1.01. The van der Waals surface area contributed by atoms with Gasteiger partial charge in [-0.3, -0.25) is 0 Å². The molecule has 1 rings (SSSR count). The lowest BCUT2D eigenvalue weighted by molar-refractivity contribution is 0.317. The molecule has 0 radical (unpaired) electrons. The molecule has 0 unspecified atom stereocenters. The maximum absolute atomic E-state index is 6.12. The molecule has 0 aliphatic rings. The van der Waals surface area contributed by atoms with Crippen molar-refractivity contribution in [1.29, 1.82) is 0 Å². The normalized spacial score (nSPS) is 10.3. The second kappa shape index (κ2) is 6.70. The number of benzene rings is 1. The van der Waals surface area contributed by atoms with Gasteiger partial charge in [-0.1, -0.05) is 31.5 Å². The summed E-state index contributed by atoms with van der Waals surface area (Å²) in [7, 11) is 0. The standard InChI is InChI=1S/C12H18ClNO/c1-3-7-15-11-6-5-10(9-14-4-2)12(13)8-11/h5-6,8,14H,3-4,7,9H2,1-2H3. The van der Waals surface area contributed by atoms with Crippen LogP contribution in [0, 0.1) is 0 Å². The zero-order chi connectivity index (χ0) is 11.1. The van der Waals surface area contributed by atoms with Crippen LogP contribution in [0.3, 0.4) is 0 Å². The Morgan fingerprint density at radius 1 is 1.33 bits per heavy atom. The number of hydrogen-bond acceptors (Lipinski definition) is 2. The lowest BCUT2D eigenvalue weighted by atomic mass is 10.2. The molecule has 84 valence electrons. The van der Waals surface area contributed by atoms with Crippen LogP contribution < -0.4 is 10.1 Å². The quantitative estimate of drug-likeness (QED) is 0.806. The minimum absolute atomic E-state index is 0.739. The van der Waals surface area contributed by atoms with Crippen LogP contribution in [-0.2, 0) is 6.54 Å². The molecule has 0 amide bonds. The van der Waals surface area contributed by atoms with E-state index in [4.69, 9.17) is 16.3 Å². The van der Waals surface area contributed by atoms with Crippen LogP contribution in [-0.4, -0.2) is 13.2 Å². The minimum Gasteiger partial charge on any atom is -0.494 e. The fourth-order valence-electron chi connectivity index (χ4n) is 1.24. The Kier molecular flexibility index (Phi) is 5.51. The van der Waals surface area contributed by atoms with Gasteiger partial charge in [0, 0.05) is 11.6 Å². The van der Waals surface area contributed by atoms with E-state index in [0.717, 1.165) is 42.5 Å². The van der Waals surface area contributed by atoms with E-state index in [9.17, 15) is 0 Å². The third-order valence-electron chi connectivity index (χ3n) is 2.06. The molecular weight excluding hydrogens is 210 g/mol. The maximum Gasteiger partial charge on any atom is 0.120 e. The van der Waals surface area contributed by atoms with Gasteiger partial charge in [-0.05, 0) is 30.7 Å². The van der Waals surface area contributed by atoms with E-state index in [2.05, 4.69) is 19.2 Å². The molecule has 0 saturated heterocycles. The largest absolute Gasteiger partial charge is 0.494 e. The van der Waals surface area contributed by atoms with Gasteiger partial charge >= 0.3 is 0 Å². The van der Waals surface area contributed by atoms with Crippen LogP contribution in [0.4, 0.5) is 0 Å². The van der Waals surface area contributed by atoms with E-state index < -0.39 is 0 Å². The summed E-state index contributed by atoms with van der Waals surface area (Å²) >= 11 is 6.12. The van der Waals surface area contributed by atoms with Crippen molar-refractivity contribution < 1.29 is 4.74 Å². The van der Waals surface area contributed by atoms with Crippen LogP contribution in [0.15, 0.2) is 18.2 Å². The zero-order valence-electron chi connectivity index (χ0n) is 9.35. The average Bonchev–Trinajstić information content (AvgIpc) is 2.25. The summed E-state index contributed by atoms with van der Waals surface area (Å²) < 4.78 is 5.49. The Labute approximate surface area is 96.6 Å². The summed E-state index contributed by atoms with van der Waals surface area (Å²) in [6.45, 7) is 6.66. The van der Waals surface area contributed by atoms with E-state index in [1.54, 1.807) is 0 Å². The van der Waals surface area contributed by atoms with Crippen LogP contribution in [0.1, 0.15) is 25.8 Å². The predicted octanol–water partition coefficient (Wildman–Crippen LogP) is 3.24. The number of rotatable bonds is 6. The molecule has 1 N–H and O–H groups in total. The molecule has 0 aromatic heterocycles. The minimum atomic E-state index is 0.739. The molecule has 15 heavy (non-hydrogen) atoms. The first-order chi connectivity index (χ1) is 7.27. The third-order valence-corrected chi connectivity index (χ3v) is 2.41. The molecule has 0 spiro atoms. The van der Waals surface area contributed by atoms with Crippen LogP contribution >= 0.6 is 11.6 Å². The summed E-state index contributed by atoms with van der Waals surface area (Å²) in [5, 5.41) is 4.01. The fourth-order valence-corrected chi connectivity index (χ4v) is 1.48. The molecule has 1 aromatic rings. The first-order valence-corrected chi connectivity index (χ1v) is 5.77. The second-order valence-corrected chi connectivity index (χ2v) is 3.79. The van der Waals surface area contributed by atoms with Crippen LogP contribution in [0.2, 0.25) is 5.02 Å². The molecular formula is C12H18ClNO. The Hall–Kier alpha value is -0.730. The highest BCUT2D eigenvalue weighted by Gasteiger charge is 2.01. The first kappa shape index (κ1) is 12.3. The van der Waals surface area contributed by atoms with E-state index in [1.165, 1.54) is 0 Å². The van der Waals surface area contributed by atoms with Crippen molar-refractivity contribution >= 4 is 11.6 Å². The predicted molar refractivity (Wildman–Crippen MR) is 64.6 cm³/mol. The van der Waals surface area contributed by atoms with Crippen LogP contribution in [0.5, 0.6) is 5.75 Å². The molecule has 0 bridgehead atoms. The molecule has 0 heterocycles. The van der Waals surface area contributed by atoms with Gasteiger partial charge in [0.25, 0.3) is 0 Å². The molecule has 3 heteroatoms. The number of nitrogens with one attached hydrogen (secondary N) is 1. The van der Waals surface area contributed by atoms with Crippen molar-refractivity contribution in [1.82, 2.24) is 5.32 Å². The fraction of sp³-hybridized carbons (Fsp3) is 0.500. The van der Waals surface area contributed by atoms with Crippen molar-refractivity contribution in [2.24, 2.45) is 0 Å². The van der Waals surface area contributed by atoms with Gasteiger partial charge in [-0.2, -0.15) is 0 Å².